The molecule has 0 aromatic carbocycles. The molecule has 0 aliphatic heterocycles. The third-order valence-corrected chi connectivity index (χ3v) is 2.87. The number of carbonyl (C=O) groups is 1. The van der Waals surface area contributed by atoms with Gasteiger partial charge in [0.05, 0.1) is 6.20 Å². The summed E-state index contributed by atoms with van der Waals surface area (Å²) in [7, 11) is 0. The summed E-state index contributed by atoms with van der Waals surface area (Å²) in [5, 5.41) is 2.95. The molecule has 0 saturated heterocycles. The Hall–Kier alpha value is -1.38. The van der Waals surface area contributed by atoms with Crippen molar-refractivity contribution in [3.05, 3.63) is 30.1 Å². The van der Waals surface area contributed by atoms with Crippen LogP contribution in [0.4, 0.5) is 0 Å². The molecule has 1 amide bonds. The minimum atomic E-state index is 0.195. The van der Waals surface area contributed by atoms with Crippen molar-refractivity contribution >= 4 is 5.91 Å². The molecule has 1 N–H and O–H groups in total. The van der Waals surface area contributed by atoms with Gasteiger partial charge in [-0.2, -0.15) is 0 Å². The molecule has 0 atom stereocenters. The van der Waals surface area contributed by atoms with Crippen LogP contribution in [0.3, 0.4) is 0 Å². The average Bonchev–Trinajstić information content (AvgIpc) is 2.81. The fourth-order valence-electron chi connectivity index (χ4n) is 1.98. The van der Waals surface area contributed by atoms with Gasteiger partial charge in [-0.05, 0) is 24.5 Å². The van der Waals surface area contributed by atoms with Crippen molar-refractivity contribution in [1.82, 2.24) is 10.3 Å². The average molecular weight is 203 g/mol. The molecule has 1 radical (unpaired) electrons. The van der Waals surface area contributed by atoms with E-state index in [2.05, 4.69) is 16.5 Å². The third kappa shape index (κ3) is 2.78. The highest BCUT2D eigenvalue weighted by molar-refractivity contribution is 5.78. The van der Waals surface area contributed by atoms with Gasteiger partial charge in [0.1, 0.15) is 0 Å². The molecule has 1 saturated carbocycles. The quantitative estimate of drug-likeness (QED) is 0.812. The van der Waals surface area contributed by atoms with E-state index in [4.69, 9.17) is 0 Å². The van der Waals surface area contributed by atoms with Crippen LogP contribution in [0.2, 0.25) is 0 Å². The van der Waals surface area contributed by atoms with Gasteiger partial charge in [-0.3, -0.25) is 9.78 Å². The lowest BCUT2D eigenvalue weighted by molar-refractivity contribution is -0.124. The highest BCUT2D eigenvalue weighted by atomic mass is 16.1. The number of hydrogen-bond donors (Lipinski definition) is 1. The summed E-state index contributed by atoms with van der Waals surface area (Å²) in [6.45, 7) is 0.580. The van der Waals surface area contributed by atoms with E-state index in [0.717, 1.165) is 18.4 Å². The molecule has 15 heavy (non-hydrogen) atoms. The van der Waals surface area contributed by atoms with Gasteiger partial charge >= 0.3 is 0 Å². The fourth-order valence-corrected chi connectivity index (χ4v) is 1.98. The van der Waals surface area contributed by atoms with Gasteiger partial charge in [0.15, 0.2) is 0 Å². The predicted molar refractivity (Wildman–Crippen MR) is 56.9 cm³/mol. The maximum atomic E-state index is 11.7. The molecule has 0 unspecified atom stereocenters. The largest absolute Gasteiger partial charge is 0.352 e. The predicted octanol–water partition coefficient (Wildman–Crippen LogP) is 1.69. The Kier molecular flexibility index (Phi) is 3.33. The summed E-state index contributed by atoms with van der Waals surface area (Å²) in [5.74, 6) is 0.438. The number of carbonyl (C=O) groups excluding carboxylic acids is 1. The molecule has 2 rings (SSSR count). The number of hydrogen-bond acceptors (Lipinski definition) is 2. The van der Waals surface area contributed by atoms with E-state index in [0.29, 0.717) is 6.54 Å². The molecular formula is C12H15N2O. The highest BCUT2D eigenvalue weighted by Crippen LogP contribution is 2.24. The standard InChI is InChI=1S/C12H15N2O/c15-12(11-5-1-2-6-11)14-9-10-4-3-7-13-8-10/h3-4,8,11H,1-2,5-6,9H2,(H,14,15). The van der Waals surface area contributed by atoms with E-state index in [9.17, 15) is 4.79 Å². The van der Waals surface area contributed by atoms with E-state index in [1.807, 2.05) is 6.07 Å². The smallest absolute Gasteiger partial charge is 0.223 e. The molecule has 0 spiro atoms. The van der Waals surface area contributed by atoms with Crippen LogP contribution >= 0.6 is 0 Å². The van der Waals surface area contributed by atoms with Crippen molar-refractivity contribution in [2.75, 3.05) is 0 Å². The molecule has 1 aliphatic carbocycles. The van der Waals surface area contributed by atoms with Gasteiger partial charge in [-0.1, -0.05) is 18.9 Å². The lowest BCUT2D eigenvalue weighted by Gasteiger charge is -2.09. The van der Waals surface area contributed by atoms with Crippen molar-refractivity contribution in [2.45, 2.75) is 32.2 Å². The van der Waals surface area contributed by atoms with E-state index < -0.39 is 0 Å². The van der Waals surface area contributed by atoms with E-state index >= 15 is 0 Å². The van der Waals surface area contributed by atoms with Crippen molar-refractivity contribution in [3.63, 3.8) is 0 Å². The highest BCUT2D eigenvalue weighted by Gasteiger charge is 2.21. The molecule has 1 aromatic heterocycles. The van der Waals surface area contributed by atoms with Gasteiger partial charge in [-0.15, -0.1) is 0 Å². The first-order chi connectivity index (χ1) is 7.36. The first kappa shape index (κ1) is 10.1. The zero-order valence-corrected chi connectivity index (χ0v) is 8.70. The molecule has 3 nitrogen and oxygen atoms in total. The molecule has 1 aliphatic rings. The van der Waals surface area contributed by atoms with Gasteiger partial charge in [0.2, 0.25) is 5.91 Å². The fraction of sp³-hybridized carbons (Fsp3) is 0.500. The lowest BCUT2D eigenvalue weighted by Crippen LogP contribution is -2.28. The Morgan fingerprint density at radius 2 is 2.33 bits per heavy atom. The van der Waals surface area contributed by atoms with E-state index in [1.165, 1.54) is 12.8 Å². The number of nitrogens with one attached hydrogen (secondary N) is 1. The van der Waals surface area contributed by atoms with E-state index in [1.54, 1.807) is 12.3 Å². The minimum Gasteiger partial charge on any atom is -0.352 e. The van der Waals surface area contributed by atoms with Crippen LogP contribution in [0.1, 0.15) is 31.2 Å². The molecular weight excluding hydrogens is 188 g/mol. The third-order valence-electron chi connectivity index (χ3n) is 2.87. The molecule has 1 fully saturated rings. The number of amides is 1. The maximum absolute atomic E-state index is 11.7. The van der Waals surface area contributed by atoms with Crippen LogP contribution in [0.25, 0.3) is 0 Å². The van der Waals surface area contributed by atoms with Crippen LogP contribution in [-0.4, -0.2) is 10.9 Å². The molecule has 1 heterocycles. The lowest BCUT2D eigenvalue weighted by atomic mass is 10.1. The summed E-state index contributed by atoms with van der Waals surface area (Å²) in [6, 6.07) is 3.68. The summed E-state index contributed by atoms with van der Waals surface area (Å²) in [4.78, 5) is 15.6. The number of pyridine rings is 1. The van der Waals surface area contributed by atoms with Crippen LogP contribution < -0.4 is 5.32 Å². The van der Waals surface area contributed by atoms with E-state index in [-0.39, 0.29) is 11.8 Å². The van der Waals surface area contributed by atoms with Crippen molar-refractivity contribution < 1.29 is 4.79 Å². The van der Waals surface area contributed by atoms with Crippen molar-refractivity contribution in [2.24, 2.45) is 5.92 Å². The Bertz CT molecular complexity index is 318. The normalized spacial score (nSPS) is 16.5. The van der Waals surface area contributed by atoms with Gasteiger partial charge < -0.3 is 5.32 Å². The van der Waals surface area contributed by atoms with Crippen LogP contribution in [-0.2, 0) is 11.3 Å². The molecule has 79 valence electrons. The number of rotatable bonds is 3. The minimum absolute atomic E-state index is 0.195. The van der Waals surface area contributed by atoms with Gasteiger partial charge in [-0.25, -0.2) is 0 Å². The zero-order chi connectivity index (χ0) is 10.5. The number of nitrogens with zero attached hydrogens (tertiary/aromatic N) is 1. The second-order valence-electron chi connectivity index (χ2n) is 3.99. The molecule has 3 heteroatoms. The Morgan fingerprint density at radius 3 is 3.00 bits per heavy atom. The topological polar surface area (TPSA) is 42.0 Å². The second-order valence-corrected chi connectivity index (χ2v) is 3.99. The summed E-state index contributed by atoms with van der Waals surface area (Å²) in [5.41, 5.74) is 1.03. The maximum Gasteiger partial charge on any atom is 0.223 e. The van der Waals surface area contributed by atoms with Gasteiger partial charge in [0, 0.05) is 18.7 Å². The van der Waals surface area contributed by atoms with Crippen LogP contribution in [0.15, 0.2) is 18.3 Å². The zero-order valence-electron chi connectivity index (χ0n) is 8.70. The van der Waals surface area contributed by atoms with Crippen molar-refractivity contribution in [3.8, 4) is 0 Å². The summed E-state index contributed by atoms with van der Waals surface area (Å²) >= 11 is 0. The molecule has 1 aromatic rings. The Morgan fingerprint density at radius 1 is 1.53 bits per heavy atom. The van der Waals surface area contributed by atoms with Gasteiger partial charge in [0.25, 0.3) is 0 Å². The summed E-state index contributed by atoms with van der Waals surface area (Å²) < 4.78 is 0. The Balaban J connectivity index is 1.80. The SMILES string of the molecule is O=C(NCc1cc[c]nc1)C1CCCC1. The first-order valence-corrected chi connectivity index (χ1v) is 5.45. The monoisotopic (exact) mass is 203 g/mol. The Labute approximate surface area is 89.9 Å². The number of aromatic nitrogens is 1. The van der Waals surface area contributed by atoms with Crippen LogP contribution in [0.5, 0.6) is 0 Å². The molecule has 0 bridgehead atoms. The van der Waals surface area contributed by atoms with Crippen molar-refractivity contribution in [1.29, 1.82) is 0 Å². The first-order valence-electron chi connectivity index (χ1n) is 5.45. The summed E-state index contributed by atoms with van der Waals surface area (Å²) in [6.07, 6.45) is 8.93. The second kappa shape index (κ2) is 4.91. The van der Waals surface area contributed by atoms with Crippen LogP contribution in [0, 0.1) is 12.1 Å².